The monoisotopic (exact) mass is 201 g/mol. The number of nitrogens with zero attached hydrogens (tertiary/aromatic N) is 1. The van der Waals surface area contributed by atoms with Gasteiger partial charge in [-0.3, -0.25) is 4.90 Å². The average Bonchev–Trinajstić information content (AvgIpc) is 2.26. The molecule has 3 atom stereocenters. The number of aliphatic hydroxyl groups excluding tert-OH is 1. The van der Waals surface area contributed by atoms with Gasteiger partial charge in [-0.15, -0.1) is 0 Å². The van der Waals surface area contributed by atoms with Crippen LogP contribution in [0.2, 0.25) is 0 Å². The Morgan fingerprint density at radius 3 is 2.69 bits per heavy atom. The maximum absolute atomic E-state index is 10.2. The normalized spacial score (nSPS) is 45.7. The Bertz CT molecular complexity index is 188. The van der Waals surface area contributed by atoms with Crippen molar-refractivity contribution in [3.05, 3.63) is 0 Å². The summed E-state index contributed by atoms with van der Waals surface area (Å²) in [5.41, 5.74) is 0. The SMILES string of the molecule is CS[C@@]12CCCCN(CCC1)C2O. The highest BCUT2D eigenvalue weighted by Crippen LogP contribution is 2.43. The fourth-order valence-electron chi connectivity index (χ4n) is 2.70. The van der Waals surface area contributed by atoms with Crippen LogP contribution in [0.5, 0.6) is 0 Å². The third-order valence-corrected chi connectivity index (χ3v) is 5.00. The van der Waals surface area contributed by atoms with Gasteiger partial charge in [-0.25, -0.2) is 0 Å². The zero-order valence-corrected chi connectivity index (χ0v) is 9.15. The van der Waals surface area contributed by atoms with E-state index >= 15 is 0 Å². The maximum Gasteiger partial charge on any atom is 0.122 e. The van der Waals surface area contributed by atoms with E-state index in [1.807, 2.05) is 11.8 Å². The number of rotatable bonds is 1. The van der Waals surface area contributed by atoms with E-state index in [0.29, 0.717) is 0 Å². The van der Waals surface area contributed by atoms with Gasteiger partial charge in [-0.05, 0) is 31.9 Å². The summed E-state index contributed by atoms with van der Waals surface area (Å²) in [6.45, 7) is 2.20. The fraction of sp³-hybridized carbons (Fsp3) is 1.00. The lowest BCUT2D eigenvalue weighted by molar-refractivity contribution is -0.0430. The van der Waals surface area contributed by atoms with Gasteiger partial charge in [0.05, 0.1) is 4.75 Å². The number of aliphatic hydroxyl groups is 1. The second-order valence-corrected chi connectivity index (χ2v) is 5.46. The van der Waals surface area contributed by atoms with E-state index in [2.05, 4.69) is 11.2 Å². The Morgan fingerprint density at radius 1 is 1.23 bits per heavy atom. The van der Waals surface area contributed by atoms with E-state index in [-0.39, 0.29) is 11.0 Å². The lowest BCUT2D eigenvalue weighted by Gasteiger charge is -2.44. The third-order valence-electron chi connectivity index (χ3n) is 3.56. The van der Waals surface area contributed by atoms with Crippen molar-refractivity contribution in [2.45, 2.75) is 43.1 Å². The number of piperidine rings is 1. The summed E-state index contributed by atoms with van der Waals surface area (Å²) in [5.74, 6) is 0. The third kappa shape index (κ3) is 1.62. The van der Waals surface area contributed by atoms with Crippen LogP contribution in [-0.2, 0) is 0 Å². The van der Waals surface area contributed by atoms with Crippen molar-refractivity contribution in [3.63, 3.8) is 0 Å². The number of thioether (sulfide) groups is 1. The molecule has 0 aliphatic carbocycles. The van der Waals surface area contributed by atoms with Crippen molar-refractivity contribution in [2.24, 2.45) is 0 Å². The first-order valence-electron chi connectivity index (χ1n) is 5.26. The van der Waals surface area contributed by atoms with Gasteiger partial charge in [0, 0.05) is 13.1 Å². The minimum atomic E-state index is -0.182. The molecule has 0 radical (unpaired) electrons. The van der Waals surface area contributed by atoms with Gasteiger partial charge >= 0.3 is 0 Å². The van der Waals surface area contributed by atoms with Crippen molar-refractivity contribution < 1.29 is 5.11 Å². The predicted octanol–water partition coefficient (Wildman–Crippen LogP) is 1.69. The van der Waals surface area contributed by atoms with Gasteiger partial charge in [0.2, 0.25) is 0 Å². The average molecular weight is 201 g/mol. The molecule has 3 heteroatoms. The second kappa shape index (κ2) is 3.79. The van der Waals surface area contributed by atoms with E-state index in [9.17, 15) is 5.11 Å². The molecular weight excluding hydrogens is 182 g/mol. The summed E-state index contributed by atoms with van der Waals surface area (Å²) in [4.78, 5) is 2.27. The topological polar surface area (TPSA) is 23.5 Å². The smallest absolute Gasteiger partial charge is 0.122 e. The van der Waals surface area contributed by atoms with Crippen LogP contribution in [0, 0.1) is 0 Å². The fourth-order valence-corrected chi connectivity index (χ4v) is 3.76. The molecule has 76 valence electrons. The molecule has 2 heterocycles. The van der Waals surface area contributed by atoms with Crippen molar-refractivity contribution in [2.75, 3.05) is 19.3 Å². The van der Waals surface area contributed by atoms with E-state index in [4.69, 9.17) is 0 Å². The minimum absolute atomic E-state index is 0.161. The van der Waals surface area contributed by atoms with Gasteiger partial charge < -0.3 is 5.11 Å². The molecule has 2 unspecified atom stereocenters. The van der Waals surface area contributed by atoms with Crippen LogP contribution in [0.3, 0.4) is 0 Å². The van der Waals surface area contributed by atoms with Gasteiger partial charge in [0.1, 0.15) is 6.23 Å². The molecule has 2 saturated heterocycles. The predicted molar refractivity (Wildman–Crippen MR) is 56.9 cm³/mol. The lowest BCUT2D eigenvalue weighted by Crippen LogP contribution is -2.53. The standard InChI is InChI=1S/C10H19NOS/c1-13-10-5-2-3-7-11(9(10)12)8-4-6-10/h9,12H,2-8H2,1H3/t9?,10-/m0/s1. The van der Waals surface area contributed by atoms with E-state index in [0.717, 1.165) is 13.1 Å². The highest BCUT2D eigenvalue weighted by Gasteiger charge is 2.44. The highest BCUT2D eigenvalue weighted by molar-refractivity contribution is 8.00. The summed E-state index contributed by atoms with van der Waals surface area (Å²) in [5, 5.41) is 10.2. The highest BCUT2D eigenvalue weighted by atomic mass is 32.2. The van der Waals surface area contributed by atoms with Gasteiger partial charge in [0.15, 0.2) is 0 Å². The first kappa shape index (κ1) is 9.81. The molecule has 0 spiro atoms. The molecule has 13 heavy (non-hydrogen) atoms. The summed E-state index contributed by atoms with van der Waals surface area (Å²) >= 11 is 1.88. The summed E-state index contributed by atoms with van der Waals surface area (Å²) in [7, 11) is 0. The van der Waals surface area contributed by atoms with Crippen LogP contribution >= 0.6 is 11.8 Å². The van der Waals surface area contributed by atoms with Gasteiger partial charge in [0.25, 0.3) is 0 Å². The van der Waals surface area contributed by atoms with E-state index < -0.39 is 0 Å². The van der Waals surface area contributed by atoms with Crippen molar-refractivity contribution >= 4 is 11.8 Å². The van der Waals surface area contributed by atoms with Gasteiger partial charge in [-0.1, -0.05) is 6.42 Å². The molecule has 0 aromatic heterocycles. The molecule has 2 aliphatic heterocycles. The molecule has 0 saturated carbocycles. The van der Waals surface area contributed by atoms with Crippen LogP contribution in [0.15, 0.2) is 0 Å². The Labute approximate surface area is 84.7 Å². The molecule has 0 amide bonds. The number of hydrogen-bond acceptors (Lipinski definition) is 3. The molecule has 2 nitrogen and oxygen atoms in total. The Morgan fingerprint density at radius 2 is 1.92 bits per heavy atom. The summed E-state index contributed by atoms with van der Waals surface area (Å²) in [6, 6.07) is 0. The van der Waals surface area contributed by atoms with Crippen LogP contribution < -0.4 is 0 Å². The van der Waals surface area contributed by atoms with Crippen LogP contribution in [0.1, 0.15) is 32.1 Å². The van der Waals surface area contributed by atoms with Gasteiger partial charge in [-0.2, -0.15) is 11.8 Å². The zero-order valence-electron chi connectivity index (χ0n) is 8.33. The molecule has 0 aromatic rings. The van der Waals surface area contributed by atoms with E-state index in [1.54, 1.807) is 0 Å². The Balaban J connectivity index is 2.20. The quantitative estimate of drug-likeness (QED) is 0.698. The molecule has 1 N–H and O–H groups in total. The van der Waals surface area contributed by atoms with Crippen molar-refractivity contribution in [1.29, 1.82) is 0 Å². The largest absolute Gasteiger partial charge is 0.377 e. The van der Waals surface area contributed by atoms with Crippen LogP contribution in [0.25, 0.3) is 0 Å². The van der Waals surface area contributed by atoms with Crippen molar-refractivity contribution in [1.82, 2.24) is 4.90 Å². The molecule has 2 aliphatic rings. The van der Waals surface area contributed by atoms with Crippen molar-refractivity contribution in [3.8, 4) is 0 Å². The molecular formula is C10H19NOS. The molecule has 2 fully saturated rings. The minimum Gasteiger partial charge on any atom is -0.377 e. The summed E-state index contributed by atoms with van der Waals surface area (Å²) < 4.78 is 0.161. The zero-order chi connectivity index (χ0) is 9.31. The van der Waals surface area contributed by atoms with Crippen LogP contribution in [0.4, 0.5) is 0 Å². The first-order chi connectivity index (χ1) is 6.28. The molecule has 0 aromatic carbocycles. The lowest BCUT2D eigenvalue weighted by atomic mass is 9.92. The maximum atomic E-state index is 10.2. The number of fused-ring (bicyclic) bond motifs is 2. The second-order valence-electron chi connectivity index (χ2n) is 4.24. The van der Waals surface area contributed by atoms with Crippen LogP contribution in [-0.4, -0.2) is 40.3 Å². The molecule has 2 rings (SSSR count). The molecule has 2 bridgehead atoms. The Kier molecular flexibility index (Phi) is 2.86. The number of hydrogen-bond donors (Lipinski definition) is 1. The Hall–Kier alpha value is 0.270. The van der Waals surface area contributed by atoms with E-state index in [1.165, 1.54) is 32.1 Å². The summed E-state index contributed by atoms with van der Waals surface area (Å²) in [6.07, 6.45) is 8.18. The first-order valence-corrected chi connectivity index (χ1v) is 6.48.